The molecule has 2 heterocycles. The molecule has 3 rings (SSSR count). The van der Waals surface area contributed by atoms with Gasteiger partial charge in [-0.1, -0.05) is 0 Å². The third-order valence-corrected chi connectivity index (χ3v) is 3.46. The van der Waals surface area contributed by atoms with Crippen LogP contribution in [0.1, 0.15) is 26.2 Å². The van der Waals surface area contributed by atoms with Crippen molar-refractivity contribution in [3.63, 3.8) is 0 Å². The van der Waals surface area contributed by atoms with E-state index in [-0.39, 0.29) is 0 Å². The molecule has 1 N–H and O–H groups in total. The summed E-state index contributed by atoms with van der Waals surface area (Å²) in [5, 5.41) is 3.38. The van der Waals surface area contributed by atoms with Gasteiger partial charge < -0.3 is 14.8 Å². The maximum absolute atomic E-state index is 5.79. The van der Waals surface area contributed by atoms with E-state index < -0.39 is 0 Å². The Morgan fingerprint density at radius 2 is 2.33 bits per heavy atom. The van der Waals surface area contributed by atoms with Crippen LogP contribution in [0.4, 0.5) is 5.95 Å². The molecule has 2 fully saturated rings. The fourth-order valence-corrected chi connectivity index (χ4v) is 2.46. The topological polar surface area (TPSA) is 56.3 Å². The standard InChI is InChI=1S/C13H19N3O2/c1-2-17-11-5-7-14-13(16-11)15-10-6-8-18-12(10)9-3-4-9/h5,7,9-10,12H,2-4,6,8H2,1H3,(H,14,15,16). The Morgan fingerprint density at radius 3 is 3.11 bits per heavy atom. The number of nitrogens with one attached hydrogen (secondary N) is 1. The molecule has 1 saturated carbocycles. The largest absolute Gasteiger partial charge is 0.478 e. The van der Waals surface area contributed by atoms with Gasteiger partial charge >= 0.3 is 0 Å². The highest BCUT2D eigenvalue weighted by atomic mass is 16.5. The number of ether oxygens (including phenoxy) is 2. The molecule has 18 heavy (non-hydrogen) atoms. The third kappa shape index (κ3) is 2.56. The van der Waals surface area contributed by atoms with Gasteiger partial charge in [-0.25, -0.2) is 4.98 Å². The minimum Gasteiger partial charge on any atom is -0.478 e. The highest BCUT2D eigenvalue weighted by Gasteiger charge is 2.40. The predicted molar refractivity (Wildman–Crippen MR) is 67.7 cm³/mol. The van der Waals surface area contributed by atoms with Gasteiger partial charge in [-0.3, -0.25) is 0 Å². The van der Waals surface area contributed by atoms with Crippen molar-refractivity contribution >= 4 is 5.95 Å². The maximum atomic E-state index is 5.79. The molecule has 1 aliphatic carbocycles. The molecule has 2 unspecified atom stereocenters. The van der Waals surface area contributed by atoms with Crippen molar-refractivity contribution in [2.45, 2.75) is 38.3 Å². The lowest BCUT2D eigenvalue weighted by atomic mass is 10.1. The van der Waals surface area contributed by atoms with Gasteiger partial charge in [0.05, 0.1) is 18.8 Å². The molecule has 0 spiro atoms. The van der Waals surface area contributed by atoms with Gasteiger partial charge in [0.25, 0.3) is 0 Å². The lowest BCUT2D eigenvalue weighted by molar-refractivity contribution is 0.0897. The molecular weight excluding hydrogens is 230 g/mol. The molecule has 2 atom stereocenters. The number of hydrogen-bond donors (Lipinski definition) is 1. The Morgan fingerprint density at radius 1 is 1.44 bits per heavy atom. The highest BCUT2D eigenvalue weighted by molar-refractivity contribution is 5.30. The van der Waals surface area contributed by atoms with Crippen LogP contribution in [-0.2, 0) is 4.74 Å². The molecular formula is C13H19N3O2. The van der Waals surface area contributed by atoms with Gasteiger partial charge in [-0.2, -0.15) is 4.98 Å². The average molecular weight is 249 g/mol. The smallest absolute Gasteiger partial charge is 0.226 e. The summed E-state index contributed by atoms with van der Waals surface area (Å²) in [6, 6.07) is 2.12. The van der Waals surface area contributed by atoms with Crippen LogP contribution in [0.25, 0.3) is 0 Å². The normalized spacial score (nSPS) is 27.2. The summed E-state index contributed by atoms with van der Waals surface area (Å²) in [5.74, 6) is 2.00. The van der Waals surface area contributed by atoms with Crippen molar-refractivity contribution in [2.24, 2.45) is 5.92 Å². The van der Waals surface area contributed by atoms with Crippen LogP contribution in [0.2, 0.25) is 0 Å². The van der Waals surface area contributed by atoms with Crippen LogP contribution in [0.5, 0.6) is 5.88 Å². The van der Waals surface area contributed by atoms with Crippen molar-refractivity contribution in [3.8, 4) is 5.88 Å². The molecule has 2 aliphatic rings. The molecule has 98 valence electrons. The van der Waals surface area contributed by atoms with Gasteiger partial charge in [0, 0.05) is 18.9 Å². The van der Waals surface area contributed by atoms with Crippen LogP contribution in [0.15, 0.2) is 12.3 Å². The summed E-state index contributed by atoms with van der Waals surface area (Å²) in [7, 11) is 0. The zero-order valence-electron chi connectivity index (χ0n) is 10.6. The lowest BCUT2D eigenvalue weighted by Gasteiger charge is -2.19. The van der Waals surface area contributed by atoms with E-state index in [1.165, 1.54) is 12.8 Å². The van der Waals surface area contributed by atoms with E-state index in [0.717, 1.165) is 18.9 Å². The molecule has 1 aromatic heterocycles. The first-order valence-electron chi connectivity index (χ1n) is 6.71. The molecule has 5 nitrogen and oxygen atoms in total. The Hall–Kier alpha value is -1.36. The number of rotatable bonds is 5. The van der Waals surface area contributed by atoms with E-state index in [4.69, 9.17) is 9.47 Å². The molecule has 1 saturated heterocycles. The van der Waals surface area contributed by atoms with E-state index >= 15 is 0 Å². The van der Waals surface area contributed by atoms with Crippen LogP contribution in [-0.4, -0.2) is 35.3 Å². The molecule has 1 aromatic rings. The predicted octanol–water partition coefficient (Wildman–Crippen LogP) is 1.85. The monoisotopic (exact) mass is 249 g/mol. The van der Waals surface area contributed by atoms with E-state index in [1.54, 1.807) is 12.3 Å². The Labute approximate surface area is 107 Å². The van der Waals surface area contributed by atoms with E-state index in [2.05, 4.69) is 15.3 Å². The van der Waals surface area contributed by atoms with E-state index in [0.29, 0.717) is 30.6 Å². The summed E-state index contributed by atoms with van der Waals surface area (Å²) in [5.41, 5.74) is 0. The van der Waals surface area contributed by atoms with E-state index in [1.807, 2.05) is 6.92 Å². The molecule has 0 amide bonds. The summed E-state index contributed by atoms with van der Waals surface area (Å²) in [4.78, 5) is 8.58. The van der Waals surface area contributed by atoms with Crippen molar-refractivity contribution in [1.82, 2.24) is 9.97 Å². The van der Waals surface area contributed by atoms with Crippen molar-refractivity contribution < 1.29 is 9.47 Å². The van der Waals surface area contributed by atoms with Gasteiger partial charge in [-0.05, 0) is 32.1 Å². The Bertz CT molecular complexity index is 409. The molecule has 0 radical (unpaired) electrons. The average Bonchev–Trinajstić information content (AvgIpc) is 3.12. The van der Waals surface area contributed by atoms with E-state index in [9.17, 15) is 0 Å². The zero-order chi connectivity index (χ0) is 12.4. The number of nitrogens with zero attached hydrogens (tertiary/aromatic N) is 2. The van der Waals surface area contributed by atoms with Crippen LogP contribution >= 0.6 is 0 Å². The minimum absolute atomic E-state index is 0.337. The van der Waals surface area contributed by atoms with Gasteiger partial charge in [0.2, 0.25) is 11.8 Å². The minimum atomic E-state index is 0.337. The zero-order valence-corrected chi connectivity index (χ0v) is 10.6. The van der Waals surface area contributed by atoms with Gasteiger partial charge in [-0.15, -0.1) is 0 Å². The first kappa shape index (κ1) is 11.7. The van der Waals surface area contributed by atoms with Crippen molar-refractivity contribution in [1.29, 1.82) is 0 Å². The SMILES string of the molecule is CCOc1ccnc(NC2CCOC2C2CC2)n1. The first-order chi connectivity index (χ1) is 8.86. The fraction of sp³-hybridized carbons (Fsp3) is 0.692. The summed E-state index contributed by atoms with van der Waals surface area (Å²) >= 11 is 0. The second-order valence-electron chi connectivity index (χ2n) is 4.86. The molecule has 1 aliphatic heterocycles. The number of anilines is 1. The first-order valence-corrected chi connectivity index (χ1v) is 6.71. The summed E-state index contributed by atoms with van der Waals surface area (Å²) in [6.45, 7) is 3.40. The fourth-order valence-electron chi connectivity index (χ4n) is 2.46. The van der Waals surface area contributed by atoms with Gasteiger partial charge in [0.15, 0.2) is 0 Å². The quantitative estimate of drug-likeness (QED) is 0.863. The third-order valence-electron chi connectivity index (χ3n) is 3.46. The Kier molecular flexibility index (Phi) is 3.32. The lowest BCUT2D eigenvalue weighted by Crippen LogP contribution is -2.31. The molecule has 5 heteroatoms. The highest BCUT2D eigenvalue weighted by Crippen LogP contribution is 2.39. The molecule has 0 bridgehead atoms. The number of hydrogen-bond acceptors (Lipinski definition) is 5. The maximum Gasteiger partial charge on any atom is 0.226 e. The van der Waals surface area contributed by atoms with Crippen LogP contribution in [0, 0.1) is 5.92 Å². The van der Waals surface area contributed by atoms with Gasteiger partial charge in [0.1, 0.15) is 0 Å². The summed E-state index contributed by atoms with van der Waals surface area (Å²) in [6.07, 6.45) is 5.68. The van der Waals surface area contributed by atoms with Crippen molar-refractivity contribution in [2.75, 3.05) is 18.5 Å². The second kappa shape index (κ2) is 5.10. The van der Waals surface area contributed by atoms with Crippen molar-refractivity contribution in [3.05, 3.63) is 12.3 Å². The molecule has 0 aromatic carbocycles. The van der Waals surface area contributed by atoms with Crippen LogP contribution < -0.4 is 10.1 Å². The Balaban J connectivity index is 1.65. The summed E-state index contributed by atoms with van der Waals surface area (Å²) < 4.78 is 11.2. The van der Waals surface area contributed by atoms with Crippen LogP contribution in [0.3, 0.4) is 0 Å². The number of aromatic nitrogens is 2. The second-order valence-corrected chi connectivity index (χ2v) is 4.86.